The lowest BCUT2D eigenvalue weighted by Gasteiger charge is -2.15. The normalized spacial score (nSPS) is 14.7. The highest BCUT2D eigenvalue weighted by molar-refractivity contribution is 6.10. The van der Waals surface area contributed by atoms with Gasteiger partial charge in [0, 0.05) is 11.7 Å². The molecule has 0 radical (unpaired) electrons. The van der Waals surface area contributed by atoms with Crippen LogP contribution >= 0.6 is 0 Å². The maximum Gasteiger partial charge on any atom is 0.416 e. The highest BCUT2D eigenvalue weighted by Gasteiger charge is 2.30. The van der Waals surface area contributed by atoms with Crippen molar-refractivity contribution in [2.45, 2.75) is 25.1 Å². The molecule has 0 aromatic heterocycles. The number of methoxy groups -OCH3 is 2. The van der Waals surface area contributed by atoms with Crippen LogP contribution in [0.3, 0.4) is 0 Å². The largest absolute Gasteiger partial charge is 0.496 e. The highest BCUT2D eigenvalue weighted by atomic mass is 19.4. The van der Waals surface area contributed by atoms with Gasteiger partial charge in [-0.25, -0.2) is 4.79 Å². The van der Waals surface area contributed by atoms with Crippen molar-refractivity contribution < 1.29 is 32.2 Å². The molecule has 1 atom stereocenters. The van der Waals surface area contributed by atoms with Crippen LogP contribution < -0.4 is 15.4 Å². The SMILES string of the molecule is COC(=O)NC1Cc2ccc(NC(=O)c3c(OC)cccc3-c3ccc(C(F)(F)F)cc3)cc2C1. The molecule has 1 aliphatic rings. The third-order valence-corrected chi connectivity index (χ3v) is 5.90. The predicted molar refractivity (Wildman–Crippen MR) is 125 cm³/mol. The second-order valence-electron chi connectivity index (χ2n) is 8.14. The number of halogens is 3. The molecule has 0 fully saturated rings. The van der Waals surface area contributed by atoms with Gasteiger partial charge in [0.25, 0.3) is 5.91 Å². The Morgan fingerprint density at radius 2 is 1.66 bits per heavy atom. The standard InChI is InChI=1S/C26H23F3N2O4/c1-34-22-5-3-4-21(15-6-9-18(10-7-15)26(27,28)29)23(22)24(32)30-19-11-8-16-12-20(14-17(16)13-19)31-25(33)35-2/h3-11,13,20H,12,14H2,1-2H3,(H,30,32)(H,31,33). The number of nitrogens with one attached hydrogen (secondary N) is 2. The van der Waals surface area contributed by atoms with Crippen LogP contribution in [0.4, 0.5) is 23.7 Å². The molecule has 1 unspecified atom stereocenters. The Morgan fingerprint density at radius 1 is 0.943 bits per heavy atom. The van der Waals surface area contributed by atoms with Crippen molar-refractivity contribution in [3.8, 4) is 16.9 Å². The average molecular weight is 484 g/mol. The summed E-state index contributed by atoms with van der Waals surface area (Å²) in [6, 6.07) is 15.0. The number of fused-ring (bicyclic) bond motifs is 1. The zero-order valence-electron chi connectivity index (χ0n) is 19.0. The second kappa shape index (κ2) is 9.69. The lowest BCUT2D eigenvalue weighted by molar-refractivity contribution is -0.137. The van der Waals surface area contributed by atoms with E-state index in [1.807, 2.05) is 12.1 Å². The molecule has 0 aliphatic heterocycles. The lowest BCUT2D eigenvalue weighted by atomic mass is 9.97. The van der Waals surface area contributed by atoms with Gasteiger partial charge in [-0.3, -0.25) is 4.79 Å². The van der Waals surface area contributed by atoms with E-state index in [-0.39, 0.29) is 11.6 Å². The number of benzene rings is 3. The number of amides is 2. The Labute approximate surface area is 200 Å². The molecular formula is C26H23F3N2O4. The Kier molecular flexibility index (Phi) is 6.68. The lowest BCUT2D eigenvalue weighted by Crippen LogP contribution is -2.35. The van der Waals surface area contributed by atoms with Gasteiger partial charge < -0.3 is 20.1 Å². The Hall–Kier alpha value is -4.01. The van der Waals surface area contributed by atoms with Gasteiger partial charge in [-0.2, -0.15) is 13.2 Å². The van der Waals surface area contributed by atoms with Crippen molar-refractivity contribution >= 4 is 17.7 Å². The van der Waals surface area contributed by atoms with E-state index in [4.69, 9.17) is 4.74 Å². The van der Waals surface area contributed by atoms with Crippen molar-refractivity contribution in [3.63, 3.8) is 0 Å². The summed E-state index contributed by atoms with van der Waals surface area (Å²) in [5, 5.41) is 5.64. The average Bonchev–Trinajstić information content (AvgIpc) is 3.24. The van der Waals surface area contributed by atoms with Gasteiger partial charge in [0.15, 0.2) is 0 Å². The number of alkyl halides is 3. The van der Waals surface area contributed by atoms with E-state index in [9.17, 15) is 22.8 Å². The van der Waals surface area contributed by atoms with E-state index in [2.05, 4.69) is 15.4 Å². The minimum Gasteiger partial charge on any atom is -0.496 e. The third-order valence-electron chi connectivity index (χ3n) is 5.90. The summed E-state index contributed by atoms with van der Waals surface area (Å²) in [6.07, 6.45) is -3.70. The molecule has 6 nitrogen and oxygen atoms in total. The molecule has 3 aromatic rings. The van der Waals surface area contributed by atoms with Gasteiger partial charge in [-0.1, -0.05) is 30.3 Å². The summed E-state index contributed by atoms with van der Waals surface area (Å²) < 4.78 is 49.0. The predicted octanol–water partition coefficient (Wildman–Crippen LogP) is 5.46. The van der Waals surface area contributed by atoms with Gasteiger partial charge in [0.05, 0.1) is 25.3 Å². The van der Waals surface area contributed by atoms with E-state index < -0.39 is 23.7 Å². The van der Waals surface area contributed by atoms with Gasteiger partial charge in [-0.05, 0) is 65.4 Å². The molecular weight excluding hydrogens is 461 g/mol. The van der Waals surface area contributed by atoms with Crippen LogP contribution in [-0.4, -0.2) is 32.3 Å². The molecule has 1 aliphatic carbocycles. The van der Waals surface area contributed by atoms with Crippen molar-refractivity contribution in [1.29, 1.82) is 0 Å². The molecule has 3 aromatic carbocycles. The maximum atomic E-state index is 13.3. The van der Waals surface area contributed by atoms with Crippen LogP contribution in [0, 0.1) is 0 Å². The molecule has 9 heteroatoms. The Morgan fingerprint density at radius 3 is 2.31 bits per heavy atom. The number of carbonyl (C=O) groups is 2. The molecule has 0 spiro atoms. The number of hydrogen-bond acceptors (Lipinski definition) is 4. The molecule has 35 heavy (non-hydrogen) atoms. The van der Waals surface area contributed by atoms with Crippen LogP contribution in [0.15, 0.2) is 60.7 Å². The minimum atomic E-state index is -4.45. The molecule has 0 saturated carbocycles. The zero-order chi connectivity index (χ0) is 25.2. The molecule has 0 bridgehead atoms. The molecule has 2 N–H and O–H groups in total. The van der Waals surface area contributed by atoms with Crippen LogP contribution in [-0.2, 0) is 23.8 Å². The first-order chi connectivity index (χ1) is 16.7. The number of rotatable bonds is 5. The summed E-state index contributed by atoms with van der Waals surface area (Å²) in [4.78, 5) is 24.8. The monoisotopic (exact) mass is 484 g/mol. The van der Waals surface area contributed by atoms with Crippen LogP contribution in [0.25, 0.3) is 11.1 Å². The van der Waals surface area contributed by atoms with E-state index >= 15 is 0 Å². The van der Waals surface area contributed by atoms with Crippen LogP contribution in [0.1, 0.15) is 27.0 Å². The number of alkyl carbamates (subject to hydrolysis) is 1. The van der Waals surface area contributed by atoms with E-state index in [1.165, 1.54) is 26.4 Å². The quantitative estimate of drug-likeness (QED) is 0.505. The van der Waals surface area contributed by atoms with Crippen molar-refractivity contribution in [2.24, 2.45) is 0 Å². The highest BCUT2D eigenvalue weighted by Crippen LogP contribution is 2.35. The van der Waals surface area contributed by atoms with Gasteiger partial charge in [-0.15, -0.1) is 0 Å². The van der Waals surface area contributed by atoms with Crippen molar-refractivity contribution in [3.05, 3.63) is 82.9 Å². The fourth-order valence-electron chi connectivity index (χ4n) is 4.23. The molecule has 182 valence electrons. The molecule has 2 amide bonds. The fourth-order valence-corrected chi connectivity index (χ4v) is 4.23. The number of hydrogen-bond donors (Lipinski definition) is 2. The molecule has 4 rings (SSSR count). The van der Waals surface area contributed by atoms with Crippen LogP contribution in [0.5, 0.6) is 5.75 Å². The molecule has 0 saturated heterocycles. The number of anilines is 1. The first-order valence-electron chi connectivity index (χ1n) is 10.8. The molecule has 0 heterocycles. The fraction of sp³-hybridized carbons (Fsp3) is 0.231. The zero-order valence-corrected chi connectivity index (χ0v) is 19.0. The Balaban J connectivity index is 1.59. The van der Waals surface area contributed by atoms with E-state index in [0.717, 1.165) is 23.3 Å². The topological polar surface area (TPSA) is 76.7 Å². The van der Waals surface area contributed by atoms with Crippen LogP contribution in [0.2, 0.25) is 0 Å². The third kappa shape index (κ3) is 5.24. The smallest absolute Gasteiger partial charge is 0.416 e. The maximum absolute atomic E-state index is 13.3. The van der Waals surface area contributed by atoms with E-state index in [0.29, 0.717) is 35.4 Å². The van der Waals surface area contributed by atoms with Gasteiger partial charge >= 0.3 is 12.3 Å². The summed E-state index contributed by atoms with van der Waals surface area (Å²) in [5.41, 5.74) is 2.94. The minimum absolute atomic E-state index is 0.0936. The summed E-state index contributed by atoms with van der Waals surface area (Å²) in [7, 11) is 2.73. The summed E-state index contributed by atoms with van der Waals surface area (Å²) in [6.45, 7) is 0. The summed E-state index contributed by atoms with van der Waals surface area (Å²) in [5.74, 6) is -0.164. The van der Waals surface area contributed by atoms with Crippen molar-refractivity contribution in [2.75, 3.05) is 19.5 Å². The van der Waals surface area contributed by atoms with E-state index in [1.54, 1.807) is 24.3 Å². The van der Waals surface area contributed by atoms with Gasteiger partial charge in [0.2, 0.25) is 0 Å². The Bertz CT molecular complexity index is 1260. The first kappa shape index (κ1) is 24.1. The van der Waals surface area contributed by atoms with Crippen molar-refractivity contribution in [1.82, 2.24) is 5.32 Å². The van der Waals surface area contributed by atoms with Gasteiger partial charge in [0.1, 0.15) is 5.75 Å². The number of ether oxygens (including phenoxy) is 2. The number of carbonyl (C=O) groups excluding carboxylic acids is 2. The summed E-state index contributed by atoms with van der Waals surface area (Å²) >= 11 is 0. The second-order valence-corrected chi connectivity index (χ2v) is 8.14. The first-order valence-corrected chi connectivity index (χ1v) is 10.8.